The monoisotopic (exact) mass is 589 g/mol. The van der Waals surface area contributed by atoms with Crippen LogP contribution in [-0.2, 0) is 6.18 Å². The van der Waals surface area contributed by atoms with Gasteiger partial charge in [-0.05, 0) is 50.1 Å². The van der Waals surface area contributed by atoms with Gasteiger partial charge in [0.2, 0.25) is 11.4 Å². The van der Waals surface area contributed by atoms with Crippen molar-refractivity contribution in [1.82, 2.24) is 14.9 Å². The molecule has 12 heteroatoms. The fourth-order valence-corrected chi connectivity index (χ4v) is 4.78. The van der Waals surface area contributed by atoms with Gasteiger partial charge in [0.05, 0.1) is 29.1 Å². The quantitative estimate of drug-likeness (QED) is 0.353. The number of likely N-dealkylation sites (N-methyl/N-ethyl adjacent to an activating group) is 1. The lowest BCUT2D eigenvalue weighted by atomic mass is 9.99. The van der Waals surface area contributed by atoms with Crippen LogP contribution in [0.15, 0.2) is 47.5 Å². The lowest BCUT2D eigenvalue weighted by molar-refractivity contribution is -0.138. The number of carbonyl (C=O) groups excluding carboxylic acids is 1. The molecule has 0 unspecified atom stereocenters. The van der Waals surface area contributed by atoms with Gasteiger partial charge in [0, 0.05) is 55.3 Å². The molecule has 1 amide bonds. The average molecular weight is 590 g/mol. The van der Waals surface area contributed by atoms with Crippen molar-refractivity contribution < 1.29 is 27.1 Å². The van der Waals surface area contributed by atoms with Crippen molar-refractivity contribution >= 4 is 17.3 Å². The number of amides is 1. The highest BCUT2D eigenvalue weighted by Crippen LogP contribution is 2.38. The Kier molecular flexibility index (Phi) is 8.68. The molecule has 1 fully saturated rings. The molecule has 0 aliphatic carbocycles. The minimum Gasteiger partial charge on any atom is -0.477 e. The molecule has 3 heterocycles. The van der Waals surface area contributed by atoms with E-state index in [9.17, 15) is 22.8 Å². The summed E-state index contributed by atoms with van der Waals surface area (Å²) in [6.07, 6.45) is -2.74. The summed E-state index contributed by atoms with van der Waals surface area (Å²) in [4.78, 5) is 35.3. The first-order chi connectivity index (χ1) is 19.5. The van der Waals surface area contributed by atoms with Gasteiger partial charge in [-0.2, -0.15) is 13.2 Å². The van der Waals surface area contributed by atoms with Crippen molar-refractivity contribution in [2.75, 3.05) is 37.0 Å². The first-order valence-corrected chi connectivity index (χ1v) is 13.5. The second-order valence-electron chi connectivity index (χ2n) is 11.9. The summed E-state index contributed by atoms with van der Waals surface area (Å²) >= 11 is 0. The van der Waals surface area contributed by atoms with E-state index in [1.54, 1.807) is 12.1 Å². The molecule has 1 aromatic carbocycles. The molecule has 1 saturated heterocycles. The van der Waals surface area contributed by atoms with Crippen molar-refractivity contribution in [3.63, 3.8) is 0 Å². The van der Waals surface area contributed by atoms with Crippen LogP contribution in [0.4, 0.5) is 28.9 Å². The third-order valence-electron chi connectivity index (χ3n) is 7.21. The summed E-state index contributed by atoms with van der Waals surface area (Å²) in [6, 6.07) is 6.33. The molecule has 0 bridgehead atoms. The zero-order valence-electron chi connectivity index (χ0n) is 24.4. The molecule has 2 N–H and O–H groups in total. The van der Waals surface area contributed by atoms with Crippen molar-refractivity contribution in [2.45, 2.75) is 52.9 Å². The standard InChI is InChI=1S/C30H35F4N5O3/c1-17-14-39(15-18(2)38(17)6)25-12-23(31)20(19-7-8-35-27(9-19)42-16-29(3,4)5)10-24(25)37-28(41)21-13-36-26(40)11-22(21)30(32,33)34/h7-13,17-18H,14-16H2,1-6H3,(H,36,40)(H,37,41)/t17-,18+. The lowest BCUT2D eigenvalue weighted by Gasteiger charge is -2.44. The fourth-order valence-electron chi connectivity index (χ4n) is 4.78. The Balaban J connectivity index is 1.79. The van der Waals surface area contributed by atoms with Gasteiger partial charge in [0.25, 0.3) is 5.91 Å². The maximum atomic E-state index is 15.8. The molecule has 3 aromatic rings. The number of carbonyl (C=O) groups is 1. The predicted molar refractivity (Wildman–Crippen MR) is 153 cm³/mol. The molecule has 4 rings (SSSR count). The SMILES string of the molecule is C[C@@H]1CN(c2cc(F)c(-c3ccnc(OCC(C)(C)C)c3)cc2NC(=O)c2c[nH]c(=O)cc2C(F)(F)F)C[C@H](C)N1C. The van der Waals surface area contributed by atoms with Crippen molar-refractivity contribution in [1.29, 1.82) is 0 Å². The zero-order chi connectivity index (χ0) is 31.0. The van der Waals surface area contributed by atoms with Crippen LogP contribution in [0.3, 0.4) is 0 Å². The van der Waals surface area contributed by atoms with Gasteiger partial charge < -0.3 is 19.9 Å². The zero-order valence-corrected chi connectivity index (χ0v) is 24.4. The Morgan fingerprint density at radius 2 is 1.79 bits per heavy atom. The summed E-state index contributed by atoms with van der Waals surface area (Å²) in [6.45, 7) is 11.4. The van der Waals surface area contributed by atoms with Gasteiger partial charge in [0.1, 0.15) is 5.82 Å². The van der Waals surface area contributed by atoms with Crippen LogP contribution in [0.5, 0.6) is 5.88 Å². The van der Waals surface area contributed by atoms with Gasteiger partial charge in [-0.25, -0.2) is 9.37 Å². The average Bonchev–Trinajstić information content (AvgIpc) is 2.90. The summed E-state index contributed by atoms with van der Waals surface area (Å²) in [5.74, 6) is -1.41. The van der Waals surface area contributed by atoms with E-state index in [0.717, 1.165) is 6.20 Å². The minimum absolute atomic E-state index is 0.0822. The second-order valence-corrected chi connectivity index (χ2v) is 11.9. The van der Waals surface area contributed by atoms with Crippen LogP contribution >= 0.6 is 0 Å². The first-order valence-electron chi connectivity index (χ1n) is 13.5. The Morgan fingerprint density at radius 1 is 1.12 bits per heavy atom. The Hall–Kier alpha value is -3.93. The topological polar surface area (TPSA) is 90.6 Å². The summed E-state index contributed by atoms with van der Waals surface area (Å²) in [7, 11) is 1.98. The molecular formula is C30H35F4N5O3. The minimum atomic E-state index is -4.94. The van der Waals surface area contributed by atoms with Crippen LogP contribution < -0.4 is 20.5 Å². The van der Waals surface area contributed by atoms with Crippen LogP contribution in [0, 0.1) is 11.2 Å². The maximum Gasteiger partial charge on any atom is 0.417 e. The predicted octanol–water partition coefficient (Wildman–Crippen LogP) is 5.80. The Bertz CT molecular complexity index is 1500. The summed E-state index contributed by atoms with van der Waals surface area (Å²) in [5, 5.41) is 2.56. The van der Waals surface area contributed by atoms with Gasteiger partial charge in [0.15, 0.2) is 0 Å². The largest absolute Gasteiger partial charge is 0.477 e. The van der Waals surface area contributed by atoms with Crippen molar-refractivity contribution in [2.24, 2.45) is 5.41 Å². The van der Waals surface area contributed by atoms with Crippen molar-refractivity contribution in [3.8, 4) is 17.0 Å². The van der Waals surface area contributed by atoms with E-state index in [1.807, 2.05) is 46.6 Å². The number of rotatable bonds is 6. The molecule has 42 heavy (non-hydrogen) atoms. The number of anilines is 2. The van der Waals surface area contributed by atoms with Crippen molar-refractivity contribution in [3.05, 3.63) is 70.0 Å². The van der Waals surface area contributed by atoms with Gasteiger partial charge in [-0.1, -0.05) is 20.8 Å². The molecule has 0 saturated carbocycles. The summed E-state index contributed by atoms with van der Waals surface area (Å²) < 4.78 is 62.7. The van der Waals surface area contributed by atoms with E-state index in [0.29, 0.717) is 37.0 Å². The number of piperazine rings is 1. The third kappa shape index (κ3) is 7.10. The molecule has 1 aliphatic heterocycles. The van der Waals surface area contributed by atoms with E-state index in [4.69, 9.17) is 4.74 Å². The highest BCUT2D eigenvalue weighted by molar-refractivity contribution is 6.07. The molecule has 0 spiro atoms. The third-order valence-corrected chi connectivity index (χ3v) is 7.21. The Labute approximate surface area is 241 Å². The molecule has 0 radical (unpaired) electrons. The molecular weight excluding hydrogens is 554 g/mol. The maximum absolute atomic E-state index is 15.8. The lowest BCUT2D eigenvalue weighted by Crippen LogP contribution is -2.55. The van der Waals surface area contributed by atoms with E-state index in [2.05, 4.69) is 20.2 Å². The number of alkyl halides is 3. The number of hydrogen-bond acceptors (Lipinski definition) is 6. The molecule has 1 aliphatic rings. The van der Waals surface area contributed by atoms with E-state index >= 15 is 4.39 Å². The second kappa shape index (κ2) is 11.7. The first kappa shape index (κ1) is 31.0. The van der Waals surface area contributed by atoms with Gasteiger partial charge >= 0.3 is 6.18 Å². The number of nitrogens with one attached hydrogen (secondary N) is 2. The normalized spacial score (nSPS) is 18.2. The highest BCUT2D eigenvalue weighted by atomic mass is 19.4. The number of hydrogen-bond donors (Lipinski definition) is 2. The van der Waals surface area contributed by atoms with E-state index in [1.165, 1.54) is 18.3 Å². The summed E-state index contributed by atoms with van der Waals surface area (Å²) in [5.41, 5.74) is -2.31. The van der Waals surface area contributed by atoms with Gasteiger partial charge in [-0.3, -0.25) is 14.5 Å². The number of aromatic nitrogens is 2. The van der Waals surface area contributed by atoms with E-state index in [-0.39, 0.29) is 34.6 Å². The molecule has 8 nitrogen and oxygen atoms in total. The number of aromatic amines is 1. The van der Waals surface area contributed by atoms with Crippen LogP contribution in [0.2, 0.25) is 0 Å². The van der Waals surface area contributed by atoms with Gasteiger partial charge in [-0.15, -0.1) is 0 Å². The molecule has 2 atom stereocenters. The smallest absolute Gasteiger partial charge is 0.417 e. The fraction of sp³-hybridized carbons (Fsp3) is 0.433. The van der Waals surface area contributed by atoms with Crippen LogP contribution in [-0.4, -0.2) is 59.6 Å². The highest BCUT2D eigenvalue weighted by Gasteiger charge is 2.36. The number of H-pyrrole nitrogens is 1. The van der Waals surface area contributed by atoms with Crippen LogP contribution in [0.1, 0.15) is 50.5 Å². The number of nitrogens with zero attached hydrogens (tertiary/aromatic N) is 3. The Morgan fingerprint density at radius 3 is 2.40 bits per heavy atom. The molecule has 2 aromatic heterocycles. The van der Waals surface area contributed by atoms with E-state index < -0.39 is 34.6 Å². The number of pyridine rings is 2. The number of benzene rings is 1. The number of ether oxygens (including phenoxy) is 1. The molecule has 226 valence electrons. The van der Waals surface area contributed by atoms with Crippen LogP contribution in [0.25, 0.3) is 11.1 Å². The number of halogens is 4.